The molecule has 0 aliphatic carbocycles. The van der Waals surface area contributed by atoms with Crippen LogP contribution in [0.2, 0.25) is 0 Å². The van der Waals surface area contributed by atoms with Crippen molar-refractivity contribution in [2.24, 2.45) is 0 Å². The number of rotatable bonds is 8. The minimum absolute atomic E-state index is 0.00570. The van der Waals surface area contributed by atoms with Gasteiger partial charge in [0.25, 0.3) is 5.91 Å². The van der Waals surface area contributed by atoms with Crippen molar-refractivity contribution in [1.29, 1.82) is 0 Å². The van der Waals surface area contributed by atoms with Gasteiger partial charge in [0.1, 0.15) is 17.0 Å². The number of pyridine rings is 1. The summed E-state index contributed by atoms with van der Waals surface area (Å²) in [5.41, 5.74) is 1.41. The number of benzene rings is 1. The maximum Gasteiger partial charge on any atom is 0.251 e. The van der Waals surface area contributed by atoms with Crippen molar-refractivity contribution < 1.29 is 22.8 Å². The van der Waals surface area contributed by atoms with E-state index in [1.165, 1.54) is 45.1 Å². The van der Waals surface area contributed by atoms with Crippen LogP contribution in [0.1, 0.15) is 21.7 Å². The molecule has 2 aliphatic rings. The SMILES string of the molecule is O=C(NC(Cc1cccs1)C(=O)N1CCC2C1C(=O)CN2S(=O)(=O)c1cccnc1)c1ccc(-c2cccs2)cc1. The molecule has 210 valence electrons. The van der Waals surface area contributed by atoms with Crippen LogP contribution in [0.5, 0.6) is 0 Å². The molecule has 4 aromatic rings. The standard InChI is InChI=1S/C29H26N4O5S3/c34-25-18-33(41(37,38)22-5-1-12-30-17-22)24-11-13-32(27(24)25)29(36)23(16-21-4-2-14-39-21)31-28(35)20-9-7-19(8-10-20)26-6-3-15-40-26/h1-10,12,14-15,17,23-24,27H,11,13,16,18H2,(H,31,35). The van der Waals surface area contributed by atoms with Gasteiger partial charge in [-0.05, 0) is 59.1 Å². The highest BCUT2D eigenvalue weighted by molar-refractivity contribution is 7.89. The van der Waals surface area contributed by atoms with Gasteiger partial charge in [-0.2, -0.15) is 4.31 Å². The van der Waals surface area contributed by atoms with Crippen molar-refractivity contribution in [3.8, 4) is 10.4 Å². The Hall–Kier alpha value is -3.71. The third kappa shape index (κ3) is 5.35. The number of ketones is 1. The van der Waals surface area contributed by atoms with Crippen LogP contribution in [0.4, 0.5) is 0 Å². The summed E-state index contributed by atoms with van der Waals surface area (Å²) in [5, 5.41) is 6.78. The molecule has 2 amide bonds. The van der Waals surface area contributed by atoms with Crippen LogP contribution in [-0.4, -0.2) is 71.4 Å². The lowest BCUT2D eigenvalue weighted by Gasteiger charge is -2.28. The smallest absolute Gasteiger partial charge is 0.251 e. The van der Waals surface area contributed by atoms with Crippen LogP contribution in [0, 0.1) is 0 Å². The van der Waals surface area contributed by atoms with E-state index in [2.05, 4.69) is 10.3 Å². The summed E-state index contributed by atoms with van der Waals surface area (Å²) < 4.78 is 27.8. The van der Waals surface area contributed by atoms with Crippen LogP contribution in [-0.2, 0) is 26.0 Å². The van der Waals surface area contributed by atoms with Crippen molar-refractivity contribution in [2.45, 2.75) is 35.9 Å². The monoisotopic (exact) mass is 606 g/mol. The predicted molar refractivity (Wildman–Crippen MR) is 156 cm³/mol. The molecule has 5 heterocycles. The Morgan fingerprint density at radius 2 is 1.80 bits per heavy atom. The highest BCUT2D eigenvalue weighted by Crippen LogP contribution is 2.34. The van der Waals surface area contributed by atoms with E-state index in [-0.39, 0.29) is 30.2 Å². The Morgan fingerprint density at radius 3 is 2.49 bits per heavy atom. The predicted octanol–water partition coefficient (Wildman–Crippen LogP) is 3.46. The first-order valence-electron chi connectivity index (χ1n) is 13.0. The lowest BCUT2D eigenvalue weighted by molar-refractivity contribution is -0.138. The number of amides is 2. The molecule has 3 aromatic heterocycles. The van der Waals surface area contributed by atoms with E-state index >= 15 is 0 Å². The van der Waals surface area contributed by atoms with Gasteiger partial charge in [-0.3, -0.25) is 19.4 Å². The fraction of sp³-hybridized carbons (Fsp3) is 0.241. The van der Waals surface area contributed by atoms with Crippen LogP contribution >= 0.6 is 22.7 Å². The molecule has 6 rings (SSSR count). The van der Waals surface area contributed by atoms with Crippen LogP contribution in [0.15, 0.2) is 88.7 Å². The maximum absolute atomic E-state index is 13.9. The zero-order chi connectivity index (χ0) is 28.6. The molecule has 2 aliphatic heterocycles. The number of hydrogen-bond donors (Lipinski definition) is 1. The van der Waals surface area contributed by atoms with Gasteiger partial charge in [0, 0.05) is 40.7 Å². The number of Topliss-reactive ketones (excluding diaryl/α,β-unsaturated/α-hetero) is 1. The van der Waals surface area contributed by atoms with Crippen molar-refractivity contribution in [2.75, 3.05) is 13.1 Å². The van der Waals surface area contributed by atoms with E-state index < -0.39 is 40.0 Å². The van der Waals surface area contributed by atoms with Gasteiger partial charge in [-0.1, -0.05) is 24.3 Å². The highest BCUT2D eigenvalue weighted by atomic mass is 32.2. The van der Waals surface area contributed by atoms with E-state index in [9.17, 15) is 22.8 Å². The number of sulfonamides is 1. The molecule has 3 atom stereocenters. The molecule has 0 saturated carbocycles. The van der Waals surface area contributed by atoms with E-state index in [1.807, 2.05) is 47.2 Å². The van der Waals surface area contributed by atoms with Crippen molar-refractivity contribution in [1.82, 2.24) is 19.5 Å². The molecule has 0 spiro atoms. The number of nitrogens with zero attached hydrogens (tertiary/aromatic N) is 3. The van der Waals surface area contributed by atoms with Crippen molar-refractivity contribution >= 4 is 50.3 Å². The molecule has 2 saturated heterocycles. The molecule has 3 unspecified atom stereocenters. The van der Waals surface area contributed by atoms with E-state index in [0.717, 1.165) is 15.3 Å². The number of likely N-dealkylation sites (tertiary alicyclic amines) is 1. The Bertz CT molecular complexity index is 1660. The third-order valence-corrected chi connectivity index (χ3v) is 11.1. The minimum atomic E-state index is -3.97. The van der Waals surface area contributed by atoms with Crippen molar-refractivity contribution in [3.05, 3.63) is 94.3 Å². The first-order chi connectivity index (χ1) is 19.8. The second-order valence-corrected chi connectivity index (χ2v) is 13.8. The average Bonchev–Trinajstić information content (AvgIpc) is 3.80. The second kappa shape index (κ2) is 11.3. The van der Waals surface area contributed by atoms with Crippen LogP contribution in [0.25, 0.3) is 10.4 Å². The van der Waals surface area contributed by atoms with Gasteiger partial charge in [0.2, 0.25) is 15.9 Å². The molecule has 1 aromatic carbocycles. The first-order valence-corrected chi connectivity index (χ1v) is 16.2. The number of aromatic nitrogens is 1. The second-order valence-electron chi connectivity index (χ2n) is 9.90. The molecule has 1 N–H and O–H groups in total. The normalized spacial score (nSPS) is 19.7. The van der Waals surface area contributed by atoms with E-state index in [1.54, 1.807) is 23.5 Å². The van der Waals surface area contributed by atoms with Gasteiger partial charge >= 0.3 is 0 Å². The summed E-state index contributed by atoms with van der Waals surface area (Å²) in [4.78, 5) is 47.8. The number of carbonyl (C=O) groups excluding carboxylic acids is 3. The molecule has 9 nitrogen and oxygen atoms in total. The molecular formula is C29H26N4O5S3. The fourth-order valence-corrected chi connectivity index (χ4v) is 8.55. The summed E-state index contributed by atoms with van der Waals surface area (Å²) in [6.45, 7) is -0.0971. The Balaban J connectivity index is 1.22. The van der Waals surface area contributed by atoms with Crippen LogP contribution < -0.4 is 5.32 Å². The van der Waals surface area contributed by atoms with E-state index in [0.29, 0.717) is 12.0 Å². The minimum Gasteiger partial charge on any atom is -0.340 e. The quantitative estimate of drug-likeness (QED) is 0.329. The van der Waals surface area contributed by atoms with Crippen molar-refractivity contribution in [3.63, 3.8) is 0 Å². The summed E-state index contributed by atoms with van der Waals surface area (Å²) in [6.07, 6.45) is 3.32. The molecule has 41 heavy (non-hydrogen) atoms. The van der Waals surface area contributed by atoms with Gasteiger partial charge in [0.15, 0.2) is 5.78 Å². The molecule has 0 bridgehead atoms. The summed E-state index contributed by atoms with van der Waals surface area (Å²) in [7, 11) is -3.97. The Labute approximate surface area is 245 Å². The number of carbonyl (C=O) groups is 3. The summed E-state index contributed by atoms with van der Waals surface area (Å²) >= 11 is 3.08. The molecule has 0 radical (unpaired) electrons. The molecular weight excluding hydrogens is 581 g/mol. The maximum atomic E-state index is 13.9. The van der Waals surface area contributed by atoms with Gasteiger partial charge in [-0.15, -0.1) is 22.7 Å². The summed E-state index contributed by atoms with van der Waals surface area (Å²) in [5.74, 6) is -1.13. The largest absolute Gasteiger partial charge is 0.340 e. The van der Waals surface area contributed by atoms with Gasteiger partial charge < -0.3 is 10.2 Å². The number of hydrogen-bond acceptors (Lipinski definition) is 8. The third-order valence-electron chi connectivity index (χ3n) is 7.44. The highest BCUT2D eigenvalue weighted by Gasteiger charge is 2.54. The number of nitrogens with one attached hydrogen (secondary N) is 1. The van der Waals surface area contributed by atoms with Crippen LogP contribution in [0.3, 0.4) is 0 Å². The average molecular weight is 607 g/mol. The molecule has 2 fully saturated rings. The lowest BCUT2D eigenvalue weighted by atomic mass is 10.1. The first kappa shape index (κ1) is 27.5. The van der Waals surface area contributed by atoms with Gasteiger partial charge in [-0.25, -0.2) is 8.42 Å². The zero-order valence-corrected chi connectivity index (χ0v) is 24.2. The number of thiophene rings is 2. The lowest BCUT2D eigenvalue weighted by Crippen LogP contribution is -2.53. The Morgan fingerprint density at radius 1 is 1.02 bits per heavy atom. The van der Waals surface area contributed by atoms with Gasteiger partial charge in [0.05, 0.1) is 12.6 Å². The fourth-order valence-electron chi connectivity index (χ4n) is 5.48. The zero-order valence-electron chi connectivity index (χ0n) is 21.8. The number of fused-ring (bicyclic) bond motifs is 1. The molecule has 12 heteroatoms. The summed E-state index contributed by atoms with van der Waals surface area (Å²) in [6, 6.07) is 15.4. The topological polar surface area (TPSA) is 117 Å². The Kier molecular flexibility index (Phi) is 7.56. The van der Waals surface area contributed by atoms with E-state index in [4.69, 9.17) is 0 Å².